The molecule has 0 N–H and O–H groups in total. The van der Waals surface area contributed by atoms with Gasteiger partial charge in [-0.3, -0.25) is 9.69 Å². The molecule has 1 aliphatic heterocycles. The van der Waals surface area contributed by atoms with E-state index in [0.717, 1.165) is 43.9 Å². The third-order valence-corrected chi connectivity index (χ3v) is 6.30. The molecule has 0 atom stereocenters. The van der Waals surface area contributed by atoms with Gasteiger partial charge in [0.15, 0.2) is 0 Å². The van der Waals surface area contributed by atoms with Gasteiger partial charge < -0.3 is 9.64 Å². The molecule has 1 amide bonds. The number of hydrogen-bond acceptors (Lipinski definition) is 3. The van der Waals surface area contributed by atoms with Crippen molar-refractivity contribution in [2.24, 2.45) is 0 Å². The van der Waals surface area contributed by atoms with Crippen molar-refractivity contribution in [1.29, 1.82) is 0 Å². The third kappa shape index (κ3) is 5.32. The lowest BCUT2D eigenvalue weighted by Gasteiger charge is -2.38. The fourth-order valence-electron chi connectivity index (χ4n) is 4.32. The van der Waals surface area contributed by atoms with Crippen LogP contribution in [0.2, 0.25) is 5.02 Å². The lowest BCUT2D eigenvalue weighted by atomic mass is 10.00. The highest BCUT2D eigenvalue weighted by molar-refractivity contribution is 6.31. The van der Waals surface area contributed by atoms with Crippen molar-refractivity contribution in [2.75, 3.05) is 25.1 Å². The number of benzene rings is 3. The molecule has 32 heavy (non-hydrogen) atoms. The fourth-order valence-corrected chi connectivity index (χ4v) is 4.51. The minimum Gasteiger partial charge on any atom is -0.497 e. The zero-order valence-corrected chi connectivity index (χ0v) is 19.4. The van der Waals surface area contributed by atoms with Gasteiger partial charge >= 0.3 is 0 Å². The van der Waals surface area contributed by atoms with Crippen molar-refractivity contribution in [3.8, 4) is 5.75 Å². The Bertz CT molecular complexity index is 1060. The molecular formula is C27H29ClN2O2. The maximum absolute atomic E-state index is 13.6. The fraction of sp³-hybridized carbons (Fsp3) is 0.296. The van der Waals surface area contributed by atoms with Gasteiger partial charge in [0.05, 0.1) is 7.11 Å². The SMILES string of the molecule is COc1cccc(CN2CCC(N(C(=O)c3cccc(Cl)c3)c3ccc(C)cc3)CC2)c1. The van der Waals surface area contributed by atoms with E-state index in [2.05, 4.69) is 36.1 Å². The van der Waals surface area contributed by atoms with Crippen molar-refractivity contribution >= 4 is 23.2 Å². The summed E-state index contributed by atoms with van der Waals surface area (Å²) in [7, 11) is 1.70. The van der Waals surface area contributed by atoms with Crippen LogP contribution >= 0.6 is 11.6 Å². The quantitative estimate of drug-likeness (QED) is 0.465. The van der Waals surface area contributed by atoms with E-state index < -0.39 is 0 Å². The van der Waals surface area contributed by atoms with Crippen LogP contribution in [0.4, 0.5) is 5.69 Å². The molecule has 0 radical (unpaired) electrons. The summed E-state index contributed by atoms with van der Waals surface area (Å²) in [5, 5.41) is 0.577. The highest BCUT2D eigenvalue weighted by Gasteiger charge is 2.30. The Morgan fingerprint density at radius 1 is 1.03 bits per heavy atom. The second-order valence-corrected chi connectivity index (χ2v) is 8.82. The standard InChI is InChI=1S/C27H29ClN2O2/c1-20-9-11-24(12-10-20)30(27(31)22-6-4-7-23(28)18-22)25-13-15-29(16-14-25)19-21-5-3-8-26(17-21)32-2/h3-12,17-18,25H,13-16,19H2,1-2H3. The summed E-state index contributed by atoms with van der Waals surface area (Å²) in [5.74, 6) is 0.887. The van der Waals surface area contributed by atoms with E-state index in [1.54, 1.807) is 19.2 Å². The molecule has 0 saturated carbocycles. The van der Waals surface area contributed by atoms with Gasteiger partial charge in [0.2, 0.25) is 0 Å². The Labute approximate surface area is 195 Å². The van der Waals surface area contributed by atoms with Crippen LogP contribution in [0.1, 0.15) is 34.3 Å². The van der Waals surface area contributed by atoms with E-state index in [1.165, 1.54) is 11.1 Å². The van der Waals surface area contributed by atoms with Gasteiger partial charge in [0, 0.05) is 41.9 Å². The van der Waals surface area contributed by atoms with Crippen molar-refractivity contribution in [3.63, 3.8) is 0 Å². The van der Waals surface area contributed by atoms with Crippen LogP contribution in [0.5, 0.6) is 5.75 Å². The second kappa shape index (κ2) is 10.2. The first kappa shape index (κ1) is 22.4. The number of likely N-dealkylation sites (tertiary alicyclic amines) is 1. The number of aryl methyl sites for hydroxylation is 1. The number of halogens is 1. The van der Waals surface area contributed by atoms with Crippen molar-refractivity contribution in [1.82, 2.24) is 4.90 Å². The van der Waals surface area contributed by atoms with E-state index in [0.29, 0.717) is 10.6 Å². The molecule has 4 rings (SSSR count). The maximum Gasteiger partial charge on any atom is 0.258 e. The molecule has 0 aromatic heterocycles. The molecule has 166 valence electrons. The molecule has 4 nitrogen and oxygen atoms in total. The molecule has 1 aliphatic rings. The number of carbonyl (C=O) groups excluding carboxylic acids is 1. The predicted molar refractivity (Wildman–Crippen MR) is 131 cm³/mol. The zero-order chi connectivity index (χ0) is 22.5. The van der Waals surface area contributed by atoms with Gasteiger partial charge in [-0.2, -0.15) is 0 Å². The van der Waals surface area contributed by atoms with Crippen molar-refractivity contribution in [2.45, 2.75) is 32.4 Å². The van der Waals surface area contributed by atoms with Crippen LogP contribution in [-0.2, 0) is 6.54 Å². The second-order valence-electron chi connectivity index (χ2n) is 8.38. The average Bonchev–Trinajstić information content (AvgIpc) is 2.81. The molecular weight excluding hydrogens is 420 g/mol. The summed E-state index contributed by atoms with van der Waals surface area (Å²) in [4.78, 5) is 18.0. The molecule has 0 bridgehead atoms. The largest absolute Gasteiger partial charge is 0.497 e. The molecule has 1 saturated heterocycles. The Morgan fingerprint density at radius 3 is 2.44 bits per heavy atom. The first-order chi connectivity index (χ1) is 15.5. The monoisotopic (exact) mass is 448 g/mol. The van der Waals surface area contributed by atoms with Gasteiger partial charge in [0.25, 0.3) is 5.91 Å². The third-order valence-electron chi connectivity index (χ3n) is 6.07. The van der Waals surface area contributed by atoms with Gasteiger partial charge in [-0.05, 0) is 67.8 Å². The van der Waals surface area contributed by atoms with Gasteiger partial charge in [-0.1, -0.05) is 47.5 Å². The topological polar surface area (TPSA) is 32.8 Å². The van der Waals surface area contributed by atoms with Crippen LogP contribution in [0, 0.1) is 6.92 Å². The number of methoxy groups -OCH3 is 1. The van der Waals surface area contributed by atoms with E-state index in [1.807, 2.05) is 41.3 Å². The first-order valence-corrected chi connectivity index (χ1v) is 11.4. The summed E-state index contributed by atoms with van der Waals surface area (Å²) in [5.41, 5.74) is 3.98. The minimum absolute atomic E-state index is 0.00241. The molecule has 0 unspecified atom stereocenters. The number of nitrogens with zero attached hydrogens (tertiary/aromatic N) is 2. The van der Waals surface area contributed by atoms with Crippen molar-refractivity contribution in [3.05, 3.63) is 94.5 Å². The van der Waals surface area contributed by atoms with Crippen LogP contribution in [-0.4, -0.2) is 37.0 Å². The van der Waals surface area contributed by atoms with Gasteiger partial charge in [-0.15, -0.1) is 0 Å². The summed E-state index contributed by atoms with van der Waals surface area (Å²) < 4.78 is 5.35. The maximum atomic E-state index is 13.6. The lowest BCUT2D eigenvalue weighted by Crippen LogP contribution is -2.47. The Morgan fingerprint density at radius 2 is 1.75 bits per heavy atom. The lowest BCUT2D eigenvalue weighted by molar-refractivity contribution is 0.0958. The van der Waals surface area contributed by atoms with Gasteiger partial charge in [0.1, 0.15) is 5.75 Å². The Balaban J connectivity index is 1.51. The van der Waals surface area contributed by atoms with Gasteiger partial charge in [-0.25, -0.2) is 0 Å². The highest BCUT2D eigenvalue weighted by Crippen LogP contribution is 2.28. The van der Waals surface area contributed by atoms with Crippen LogP contribution in [0.3, 0.4) is 0 Å². The molecule has 1 heterocycles. The zero-order valence-electron chi connectivity index (χ0n) is 18.6. The number of ether oxygens (including phenoxy) is 1. The van der Waals surface area contributed by atoms with Crippen molar-refractivity contribution < 1.29 is 9.53 Å². The summed E-state index contributed by atoms with van der Waals surface area (Å²) in [6.07, 6.45) is 1.84. The Kier molecular flexibility index (Phi) is 7.13. The number of rotatable bonds is 6. The number of anilines is 1. The first-order valence-electron chi connectivity index (χ1n) is 11.0. The van der Waals surface area contributed by atoms with E-state index >= 15 is 0 Å². The Hall–Kier alpha value is -2.82. The normalized spacial score (nSPS) is 14.8. The summed E-state index contributed by atoms with van der Waals surface area (Å²) in [6, 6.07) is 23.8. The van der Waals surface area contributed by atoms with E-state index in [9.17, 15) is 4.79 Å². The molecule has 1 fully saturated rings. The molecule has 0 aliphatic carbocycles. The smallest absolute Gasteiger partial charge is 0.258 e. The molecule has 3 aromatic rings. The molecule has 0 spiro atoms. The minimum atomic E-state index is 0.00241. The highest BCUT2D eigenvalue weighted by atomic mass is 35.5. The van der Waals surface area contributed by atoms with E-state index in [4.69, 9.17) is 16.3 Å². The number of amides is 1. The number of hydrogen-bond donors (Lipinski definition) is 0. The van der Waals surface area contributed by atoms with Crippen LogP contribution in [0.15, 0.2) is 72.8 Å². The van der Waals surface area contributed by atoms with E-state index in [-0.39, 0.29) is 11.9 Å². The number of carbonyl (C=O) groups is 1. The summed E-state index contributed by atoms with van der Waals surface area (Å²) in [6.45, 7) is 4.82. The van der Waals surface area contributed by atoms with Crippen LogP contribution in [0.25, 0.3) is 0 Å². The average molecular weight is 449 g/mol. The molecule has 5 heteroatoms. The van der Waals surface area contributed by atoms with Crippen LogP contribution < -0.4 is 9.64 Å². The number of piperidine rings is 1. The predicted octanol–water partition coefficient (Wildman–Crippen LogP) is 5.97. The summed E-state index contributed by atoms with van der Waals surface area (Å²) >= 11 is 6.18. The molecule has 3 aromatic carbocycles.